The van der Waals surface area contributed by atoms with E-state index in [9.17, 15) is 0 Å². The number of nitrogens with zero attached hydrogens (tertiary/aromatic N) is 3. The maximum atomic E-state index is 6.22. The molecule has 5 heteroatoms. The highest BCUT2D eigenvalue weighted by atomic mass is 35.5. The van der Waals surface area contributed by atoms with E-state index in [1.54, 1.807) is 0 Å². The number of hydrogen-bond acceptors (Lipinski definition) is 3. The molecule has 0 unspecified atom stereocenters. The zero-order chi connectivity index (χ0) is 17.6. The van der Waals surface area contributed by atoms with Crippen molar-refractivity contribution in [3.8, 4) is 11.3 Å². The first kappa shape index (κ1) is 17.0. The molecule has 0 saturated heterocycles. The molecule has 2 heterocycles. The molecule has 25 heavy (non-hydrogen) atoms. The fourth-order valence-corrected chi connectivity index (χ4v) is 4.95. The van der Waals surface area contributed by atoms with Crippen LogP contribution in [0.3, 0.4) is 0 Å². The van der Waals surface area contributed by atoms with Gasteiger partial charge < -0.3 is 4.90 Å². The van der Waals surface area contributed by atoms with Gasteiger partial charge in [-0.05, 0) is 43.8 Å². The predicted octanol–water partition coefficient (Wildman–Crippen LogP) is 5.47. The molecule has 0 aliphatic carbocycles. The lowest BCUT2D eigenvalue weighted by molar-refractivity contribution is 0.287. The minimum atomic E-state index is 0.778. The van der Waals surface area contributed by atoms with Crippen molar-refractivity contribution in [2.24, 2.45) is 0 Å². The molecule has 0 spiro atoms. The molecule has 2 aromatic carbocycles. The Morgan fingerprint density at radius 3 is 2.72 bits per heavy atom. The van der Waals surface area contributed by atoms with Crippen molar-refractivity contribution in [1.82, 2.24) is 14.7 Å². The number of likely N-dealkylation sites (N-methyl/N-ethyl adjacent to an activating group) is 1. The third-order valence-electron chi connectivity index (χ3n) is 5.00. The van der Waals surface area contributed by atoms with Crippen molar-refractivity contribution >= 4 is 34.3 Å². The van der Waals surface area contributed by atoms with E-state index >= 15 is 0 Å². The van der Waals surface area contributed by atoms with E-state index in [0.29, 0.717) is 0 Å². The molecule has 0 amide bonds. The third-order valence-corrected chi connectivity index (χ3v) is 6.52. The van der Waals surface area contributed by atoms with Crippen molar-refractivity contribution in [3.05, 3.63) is 40.9 Å². The Kier molecular flexibility index (Phi) is 4.52. The lowest BCUT2D eigenvalue weighted by Crippen LogP contribution is -2.27. The largest absolute Gasteiger partial charge is 0.302 e. The second-order valence-corrected chi connectivity index (χ2v) is 7.94. The van der Waals surface area contributed by atoms with Gasteiger partial charge in [-0.2, -0.15) is 5.10 Å². The van der Waals surface area contributed by atoms with E-state index in [0.717, 1.165) is 36.9 Å². The molecule has 0 fully saturated rings. The van der Waals surface area contributed by atoms with Crippen molar-refractivity contribution in [2.45, 2.75) is 37.1 Å². The van der Waals surface area contributed by atoms with Gasteiger partial charge in [0.25, 0.3) is 0 Å². The number of aromatic nitrogens is 2. The summed E-state index contributed by atoms with van der Waals surface area (Å²) in [5.74, 6) is 0. The van der Waals surface area contributed by atoms with E-state index in [-0.39, 0.29) is 0 Å². The van der Waals surface area contributed by atoms with Crippen LogP contribution in [0, 0.1) is 6.92 Å². The van der Waals surface area contributed by atoms with Crippen LogP contribution in [0.15, 0.2) is 40.1 Å². The highest BCUT2D eigenvalue weighted by molar-refractivity contribution is 7.99. The first-order chi connectivity index (χ1) is 12.1. The topological polar surface area (TPSA) is 21.1 Å². The molecule has 0 radical (unpaired) electrons. The average Bonchev–Trinajstić information content (AvgIpc) is 2.98. The molecule has 0 N–H and O–H groups in total. The maximum Gasteiger partial charge on any atom is 0.102 e. The molecule has 1 aromatic heterocycles. The summed E-state index contributed by atoms with van der Waals surface area (Å²) in [6, 6.07) is 10.5. The summed E-state index contributed by atoms with van der Waals surface area (Å²) in [5, 5.41) is 7.08. The van der Waals surface area contributed by atoms with Gasteiger partial charge in [-0.3, -0.25) is 4.68 Å². The van der Waals surface area contributed by atoms with Crippen LogP contribution in [0.4, 0.5) is 0 Å². The normalized spacial score (nSPS) is 12.8. The zero-order valence-corrected chi connectivity index (χ0v) is 16.4. The third kappa shape index (κ3) is 2.86. The quantitative estimate of drug-likeness (QED) is 0.464. The number of rotatable bonds is 5. The van der Waals surface area contributed by atoms with Crippen molar-refractivity contribution in [2.75, 3.05) is 19.6 Å². The fraction of sp³-hybridized carbons (Fsp3) is 0.350. The summed E-state index contributed by atoms with van der Waals surface area (Å²) < 4.78 is 2.18. The first-order valence-electron chi connectivity index (χ1n) is 8.82. The average molecular weight is 372 g/mol. The van der Waals surface area contributed by atoms with Crippen molar-refractivity contribution in [1.29, 1.82) is 0 Å². The lowest BCUT2D eigenvalue weighted by Gasteiger charge is -2.18. The Balaban J connectivity index is 1.85. The smallest absolute Gasteiger partial charge is 0.102 e. The highest BCUT2D eigenvalue weighted by Crippen LogP contribution is 2.49. The number of fused-ring (bicyclic) bond motifs is 2. The van der Waals surface area contributed by atoms with Gasteiger partial charge in [0.2, 0.25) is 0 Å². The van der Waals surface area contributed by atoms with Gasteiger partial charge >= 0.3 is 0 Å². The van der Waals surface area contributed by atoms with E-state index in [2.05, 4.69) is 54.6 Å². The predicted molar refractivity (Wildman–Crippen MR) is 107 cm³/mol. The van der Waals surface area contributed by atoms with Crippen LogP contribution in [0.2, 0.25) is 5.02 Å². The molecule has 1 aliphatic rings. The van der Waals surface area contributed by atoms with Crippen LogP contribution in [-0.2, 0) is 6.54 Å². The molecular formula is C20H22ClN3S. The van der Waals surface area contributed by atoms with Gasteiger partial charge in [-0.1, -0.05) is 49.3 Å². The van der Waals surface area contributed by atoms with Crippen LogP contribution < -0.4 is 0 Å². The van der Waals surface area contributed by atoms with Crippen molar-refractivity contribution in [3.63, 3.8) is 0 Å². The zero-order valence-electron chi connectivity index (χ0n) is 14.8. The van der Waals surface area contributed by atoms with Crippen LogP contribution in [-0.4, -0.2) is 34.3 Å². The molecule has 4 rings (SSSR count). The first-order valence-corrected chi connectivity index (χ1v) is 10.0. The summed E-state index contributed by atoms with van der Waals surface area (Å²) in [6.45, 7) is 10.7. The van der Waals surface area contributed by atoms with Gasteiger partial charge in [-0.25, -0.2) is 0 Å². The number of hydrogen-bond donors (Lipinski definition) is 0. The highest BCUT2D eigenvalue weighted by Gasteiger charge is 2.25. The van der Waals surface area contributed by atoms with Crippen molar-refractivity contribution < 1.29 is 0 Å². The summed E-state index contributed by atoms with van der Waals surface area (Å²) >= 11 is 8.04. The van der Waals surface area contributed by atoms with E-state index < -0.39 is 0 Å². The lowest BCUT2D eigenvalue weighted by atomic mass is 10.1. The Hall–Kier alpha value is -1.49. The Morgan fingerprint density at radius 2 is 1.96 bits per heavy atom. The Bertz CT molecular complexity index is 944. The summed E-state index contributed by atoms with van der Waals surface area (Å²) in [6.07, 6.45) is 0. The monoisotopic (exact) mass is 371 g/mol. The molecule has 0 atom stereocenters. The van der Waals surface area contributed by atoms with Gasteiger partial charge in [0.1, 0.15) is 5.69 Å². The maximum absolute atomic E-state index is 6.22. The van der Waals surface area contributed by atoms with Crippen LogP contribution in [0.5, 0.6) is 0 Å². The summed E-state index contributed by atoms with van der Waals surface area (Å²) in [4.78, 5) is 4.95. The number of benzene rings is 2. The van der Waals surface area contributed by atoms with Crippen LogP contribution in [0.1, 0.15) is 19.4 Å². The minimum Gasteiger partial charge on any atom is -0.302 e. The summed E-state index contributed by atoms with van der Waals surface area (Å²) in [7, 11) is 0. The van der Waals surface area contributed by atoms with Gasteiger partial charge in [-0.15, -0.1) is 0 Å². The fourth-order valence-electron chi connectivity index (χ4n) is 3.50. The van der Waals surface area contributed by atoms with Gasteiger partial charge in [0, 0.05) is 32.3 Å². The minimum absolute atomic E-state index is 0.778. The molecule has 0 saturated carbocycles. The van der Waals surface area contributed by atoms with E-state index in [1.807, 2.05) is 17.8 Å². The summed E-state index contributed by atoms with van der Waals surface area (Å²) in [5.41, 5.74) is 4.82. The molecule has 3 nitrogen and oxygen atoms in total. The SMILES string of the molecule is CCN(CC)CCn1nc2c3c(c(C)ccc31)Sc1cc(Cl)ccc1-2. The Labute approximate surface area is 158 Å². The van der Waals surface area contributed by atoms with Gasteiger partial charge in [0.15, 0.2) is 0 Å². The second-order valence-electron chi connectivity index (χ2n) is 6.45. The number of aryl methyl sites for hydroxylation is 1. The van der Waals surface area contributed by atoms with Crippen LogP contribution >= 0.6 is 23.4 Å². The van der Waals surface area contributed by atoms with E-state index in [4.69, 9.17) is 16.7 Å². The molecule has 0 bridgehead atoms. The second kappa shape index (κ2) is 6.67. The number of halogens is 1. The molecular weight excluding hydrogens is 350 g/mol. The molecule has 130 valence electrons. The van der Waals surface area contributed by atoms with E-state index in [1.165, 1.54) is 31.8 Å². The van der Waals surface area contributed by atoms with Crippen LogP contribution in [0.25, 0.3) is 22.2 Å². The molecule has 1 aliphatic heterocycles. The molecule has 3 aromatic rings. The Morgan fingerprint density at radius 1 is 1.16 bits per heavy atom. The van der Waals surface area contributed by atoms with Gasteiger partial charge in [0.05, 0.1) is 12.1 Å². The standard InChI is InChI=1S/C20H22ClN3S/c1-4-23(5-2)10-11-24-16-9-6-13(3)20-18(16)19(22-24)15-8-7-14(21)12-17(15)25-20/h6-9,12H,4-5,10-11H2,1-3H3.